The predicted octanol–water partition coefficient (Wildman–Crippen LogP) is 2.20. The van der Waals surface area contributed by atoms with Crippen LogP contribution in [0.4, 0.5) is 5.82 Å². The first-order valence-electron chi connectivity index (χ1n) is 5.70. The van der Waals surface area contributed by atoms with E-state index in [9.17, 15) is 4.79 Å². The van der Waals surface area contributed by atoms with Crippen LogP contribution in [-0.4, -0.2) is 28.0 Å². The van der Waals surface area contributed by atoms with E-state index >= 15 is 0 Å². The second-order valence-corrected chi connectivity index (χ2v) is 4.84. The third-order valence-corrected chi connectivity index (χ3v) is 3.54. The van der Waals surface area contributed by atoms with Crippen LogP contribution in [0.5, 0.6) is 0 Å². The Morgan fingerprint density at radius 1 is 1.47 bits per heavy atom. The first-order chi connectivity index (χ1) is 9.10. The number of thiazole rings is 1. The number of rotatable bonds is 4. The van der Waals surface area contributed by atoms with Crippen LogP contribution < -0.4 is 5.32 Å². The summed E-state index contributed by atoms with van der Waals surface area (Å²) >= 11 is 1.58. The second-order valence-electron chi connectivity index (χ2n) is 3.95. The van der Waals surface area contributed by atoms with Gasteiger partial charge in [0.15, 0.2) is 0 Å². The average molecular weight is 278 g/mol. The van der Waals surface area contributed by atoms with Crippen LogP contribution in [0.15, 0.2) is 17.6 Å². The van der Waals surface area contributed by atoms with Gasteiger partial charge in [0.1, 0.15) is 10.8 Å². The smallest absolute Gasteiger partial charge is 0.376 e. The molecule has 2 aromatic rings. The second kappa shape index (κ2) is 5.75. The minimum absolute atomic E-state index is 0.0131. The van der Waals surface area contributed by atoms with Gasteiger partial charge >= 0.3 is 5.97 Å². The molecule has 0 spiro atoms. The first kappa shape index (κ1) is 13.4. The molecule has 0 fully saturated rings. The van der Waals surface area contributed by atoms with Gasteiger partial charge in [0, 0.05) is 17.3 Å². The minimum atomic E-state index is -0.554. The Labute approximate surface area is 114 Å². The SMILES string of the molecule is COC(=O)c1nccc(NC(C)c2nc(C)cs2)n1. The molecule has 0 aromatic carbocycles. The largest absolute Gasteiger partial charge is 0.463 e. The summed E-state index contributed by atoms with van der Waals surface area (Å²) in [7, 11) is 1.30. The highest BCUT2D eigenvalue weighted by Crippen LogP contribution is 2.21. The fourth-order valence-electron chi connectivity index (χ4n) is 1.48. The molecule has 0 bridgehead atoms. The number of aryl methyl sites for hydroxylation is 1. The van der Waals surface area contributed by atoms with E-state index < -0.39 is 5.97 Å². The molecule has 19 heavy (non-hydrogen) atoms. The molecule has 100 valence electrons. The van der Waals surface area contributed by atoms with Crippen LogP contribution in [0.2, 0.25) is 0 Å². The summed E-state index contributed by atoms with van der Waals surface area (Å²) in [5.74, 6) is 0.0483. The molecular weight excluding hydrogens is 264 g/mol. The number of methoxy groups -OCH3 is 1. The van der Waals surface area contributed by atoms with Crippen molar-refractivity contribution >= 4 is 23.1 Å². The Bertz CT molecular complexity index is 585. The molecule has 0 aliphatic heterocycles. The van der Waals surface area contributed by atoms with Crippen LogP contribution in [0.25, 0.3) is 0 Å². The molecule has 0 saturated carbocycles. The predicted molar refractivity (Wildman–Crippen MR) is 72.3 cm³/mol. The molecule has 2 heterocycles. The number of nitrogens with one attached hydrogen (secondary N) is 1. The lowest BCUT2D eigenvalue weighted by Gasteiger charge is -2.11. The monoisotopic (exact) mass is 278 g/mol. The van der Waals surface area contributed by atoms with E-state index in [4.69, 9.17) is 0 Å². The quantitative estimate of drug-likeness (QED) is 0.864. The lowest BCUT2D eigenvalue weighted by Crippen LogP contribution is -2.12. The van der Waals surface area contributed by atoms with Gasteiger partial charge in [-0.05, 0) is 19.9 Å². The molecule has 2 rings (SSSR count). The Morgan fingerprint density at radius 2 is 2.26 bits per heavy atom. The van der Waals surface area contributed by atoms with Crippen LogP contribution in [0.1, 0.15) is 34.3 Å². The summed E-state index contributed by atoms with van der Waals surface area (Å²) in [6.07, 6.45) is 1.52. The van der Waals surface area contributed by atoms with Crippen LogP contribution in [-0.2, 0) is 4.74 Å². The maximum Gasteiger partial charge on any atom is 0.376 e. The Kier molecular flexibility index (Phi) is 4.06. The van der Waals surface area contributed by atoms with Gasteiger partial charge in [-0.15, -0.1) is 11.3 Å². The zero-order valence-corrected chi connectivity index (χ0v) is 11.7. The molecule has 6 nitrogen and oxygen atoms in total. The van der Waals surface area contributed by atoms with Gasteiger partial charge in [-0.3, -0.25) is 0 Å². The van der Waals surface area contributed by atoms with Crippen molar-refractivity contribution < 1.29 is 9.53 Å². The van der Waals surface area contributed by atoms with E-state index in [2.05, 4.69) is 25.0 Å². The van der Waals surface area contributed by atoms with E-state index in [0.717, 1.165) is 10.7 Å². The highest BCUT2D eigenvalue weighted by Gasteiger charge is 2.13. The summed E-state index contributed by atoms with van der Waals surface area (Å²) in [4.78, 5) is 23.7. The van der Waals surface area contributed by atoms with Crippen molar-refractivity contribution in [1.29, 1.82) is 0 Å². The van der Waals surface area contributed by atoms with E-state index in [0.29, 0.717) is 5.82 Å². The van der Waals surface area contributed by atoms with Gasteiger partial charge in [-0.2, -0.15) is 0 Å². The third kappa shape index (κ3) is 3.25. The van der Waals surface area contributed by atoms with E-state index in [1.807, 2.05) is 19.2 Å². The summed E-state index contributed by atoms with van der Waals surface area (Å²) in [6, 6.07) is 1.71. The third-order valence-electron chi connectivity index (χ3n) is 2.40. The molecule has 0 aliphatic rings. The van der Waals surface area contributed by atoms with Gasteiger partial charge < -0.3 is 10.1 Å². The number of hydrogen-bond donors (Lipinski definition) is 1. The number of esters is 1. The zero-order chi connectivity index (χ0) is 13.8. The molecule has 0 amide bonds. The number of carbonyl (C=O) groups excluding carboxylic acids is 1. The Balaban J connectivity index is 2.12. The topological polar surface area (TPSA) is 77.0 Å². The van der Waals surface area contributed by atoms with Gasteiger partial charge in [0.05, 0.1) is 13.2 Å². The summed E-state index contributed by atoms with van der Waals surface area (Å²) < 4.78 is 4.58. The number of carbonyl (C=O) groups is 1. The van der Waals surface area contributed by atoms with Gasteiger partial charge in [-0.1, -0.05) is 0 Å². The van der Waals surface area contributed by atoms with Crippen LogP contribution in [0.3, 0.4) is 0 Å². The van der Waals surface area contributed by atoms with E-state index in [1.54, 1.807) is 17.4 Å². The summed E-state index contributed by atoms with van der Waals surface area (Å²) in [6.45, 7) is 3.94. The van der Waals surface area contributed by atoms with Gasteiger partial charge in [0.25, 0.3) is 0 Å². The summed E-state index contributed by atoms with van der Waals surface area (Å²) in [5.41, 5.74) is 0.992. The van der Waals surface area contributed by atoms with Gasteiger partial charge in [-0.25, -0.2) is 19.7 Å². The van der Waals surface area contributed by atoms with Crippen molar-refractivity contribution in [3.63, 3.8) is 0 Å². The number of hydrogen-bond acceptors (Lipinski definition) is 7. The fourth-order valence-corrected chi connectivity index (χ4v) is 2.29. The van der Waals surface area contributed by atoms with Crippen molar-refractivity contribution in [2.24, 2.45) is 0 Å². The number of aromatic nitrogens is 3. The van der Waals surface area contributed by atoms with Crippen molar-refractivity contribution in [3.8, 4) is 0 Å². The van der Waals surface area contributed by atoms with Crippen LogP contribution in [0, 0.1) is 6.92 Å². The van der Waals surface area contributed by atoms with E-state index in [-0.39, 0.29) is 11.9 Å². The van der Waals surface area contributed by atoms with E-state index in [1.165, 1.54) is 13.3 Å². The molecule has 1 atom stereocenters. The Hall–Kier alpha value is -2.02. The van der Waals surface area contributed by atoms with Crippen LogP contribution >= 0.6 is 11.3 Å². The molecule has 0 saturated heterocycles. The molecular formula is C12H14N4O2S. The van der Waals surface area contributed by atoms with Crippen molar-refractivity contribution in [3.05, 3.63) is 34.2 Å². The lowest BCUT2D eigenvalue weighted by molar-refractivity contribution is 0.0587. The average Bonchev–Trinajstić information content (AvgIpc) is 2.85. The minimum Gasteiger partial charge on any atom is -0.463 e. The standard InChI is InChI=1S/C12H14N4O2S/c1-7-6-19-11(14-7)8(2)15-9-4-5-13-10(16-9)12(17)18-3/h4-6,8H,1-3H3,(H,13,15,16). The zero-order valence-electron chi connectivity index (χ0n) is 10.9. The molecule has 1 unspecified atom stereocenters. The highest BCUT2D eigenvalue weighted by atomic mass is 32.1. The maximum atomic E-state index is 11.3. The normalized spacial score (nSPS) is 11.9. The fraction of sp³-hybridized carbons (Fsp3) is 0.333. The molecule has 0 radical (unpaired) electrons. The van der Waals surface area contributed by atoms with Crippen molar-refractivity contribution in [1.82, 2.24) is 15.0 Å². The molecule has 2 aromatic heterocycles. The number of nitrogens with zero attached hydrogens (tertiary/aromatic N) is 3. The maximum absolute atomic E-state index is 11.3. The molecule has 1 N–H and O–H groups in total. The first-order valence-corrected chi connectivity index (χ1v) is 6.58. The lowest BCUT2D eigenvalue weighted by atomic mass is 10.3. The molecule has 0 aliphatic carbocycles. The van der Waals surface area contributed by atoms with Crippen molar-refractivity contribution in [2.75, 3.05) is 12.4 Å². The Morgan fingerprint density at radius 3 is 2.89 bits per heavy atom. The van der Waals surface area contributed by atoms with Gasteiger partial charge in [0.2, 0.25) is 5.82 Å². The highest BCUT2D eigenvalue weighted by molar-refractivity contribution is 7.09. The number of anilines is 1. The molecule has 7 heteroatoms. The number of ether oxygens (including phenoxy) is 1. The van der Waals surface area contributed by atoms with Crippen molar-refractivity contribution in [2.45, 2.75) is 19.9 Å². The summed E-state index contributed by atoms with van der Waals surface area (Å²) in [5, 5.41) is 6.14.